The van der Waals surface area contributed by atoms with Gasteiger partial charge in [0.05, 0.1) is 0 Å². The van der Waals surface area contributed by atoms with Crippen molar-refractivity contribution < 1.29 is 0 Å². The van der Waals surface area contributed by atoms with Gasteiger partial charge in [0.25, 0.3) is 0 Å². The van der Waals surface area contributed by atoms with Crippen LogP contribution in [0.5, 0.6) is 0 Å². The van der Waals surface area contributed by atoms with E-state index in [1.807, 2.05) is 11.6 Å². The molecule has 0 unspecified atom stereocenters. The molecule has 0 atom stereocenters. The quantitative estimate of drug-likeness (QED) is 0.451. The topological polar surface area (TPSA) is 57.8 Å². The van der Waals surface area contributed by atoms with Gasteiger partial charge in [-0.15, -0.1) is 35.3 Å². The summed E-state index contributed by atoms with van der Waals surface area (Å²) >= 11 is 1.70. The Morgan fingerprint density at radius 2 is 2.00 bits per heavy atom. The zero-order valence-corrected chi connectivity index (χ0v) is 16.3. The first kappa shape index (κ1) is 17.8. The summed E-state index contributed by atoms with van der Waals surface area (Å²) in [6.07, 6.45) is 7.14. The Kier molecular flexibility index (Phi) is 6.31. The number of halogens is 1. The third-order valence-electron chi connectivity index (χ3n) is 4.73. The lowest BCUT2D eigenvalue weighted by Gasteiger charge is -2.35. The van der Waals surface area contributed by atoms with E-state index >= 15 is 0 Å². The minimum absolute atomic E-state index is 0. The molecule has 1 aromatic heterocycles. The fourth-order valence-electron chi connectivity index (χ4n) is 3.26. The number of rotatable bonds is 3. The number of anilines is 1. The van der Waals surface area contributed by atoms with Gasteiger partial charge in [0, 0.05) is 44.3 Å². The first-order chi connectivity index (χ1) is 10.2. The highest BCUT2D eigenvalue weighted by Gasteiger charge is 2.28. The summed E-state index contributed by atoms with van der Waals surface area (Å²) in [5.74, 6) is 0.724. The van der Waals surface area contributed by atoms with Crippen LogP contribution in [-0.2, 0) is 0 Å². The van der Waals surface area contributed by atoms with E-state index in [-0.39, 0.29) is 24.0 Å². The van der Waals surface area contributed by atoms with Gasteiger partial charge in [-0.1, -0.05) is 19.8 Å². The third kappa shape index (κ3) is 4.24. The molecule has 0 aromatic carbocycles. The average molecular weight is 435 g/mol. The van der Waals surface area contributed by atoms with Crippen LogP contribution in [0, 0.1) is 5.41 Å². The predicted molar refractivity (Wildman–Crippen MR) is 104 cm³/mol. The van der Waals surface area contributed by atoms with Gasteiger partial charge in [0.1, 0.15) is 0 Å². The number of nitrogens with zero attached hydrogens (tertiary/aromatic N) is 4. The summed E-state index contributed by atoms with van der Waals surface area (Å²) in [5, 5.41) is 3.14. The van der Waals surface area contributed by atoms with E-state index < -0.39 is 0 Å². The molecule has 1 aliphatic carbocycles. The average Bonchev–Trinajstić information content (AvgIpc) is 3.17. The smallest absolute Gasteiger partial charge is 0.191 e. The maximum Gasteiger partial charge on any atom is 0.191 e. The van der Waals surface area contributed by atoms with Gasteiger partial charge >= 0.3 is 0 Å². The lowest BCUT2D eigenvalue weighted by Crippen LogP contribution is -2.51. The summed E-state index contributed by atoms with van der Waals surface area (Å²) in [5.41, 5.74) is 6.58. The van der Waals surface area contributed by atoms with Gasteiger partial charge in [0.2, 0.25) is 0 Å². The zero-order chi connectivity index (χ0) is 14.7. The number of hydrogen-bond donors (Lipinski definition) is 1. The van der Waals surface area contributed by atoms with Crippen molar-refractivity contribution in [1.29, 1.82) is 0 Å². The van der Waals surface area contributed by atoms with E-state index in [4.69, 9.17) is 5.73 Å². The zero-order valence-electron chi connectivity index (χ0n) is 13.2. The van der Waals surface area contributed by atoms with Crippen LogP contribution < -0.4 is 10.6 Å². The number of aliphatic imine (C=N–C) groups is 1. The molecule has 2 heterocycles. The van der Waals surface area contributed by atoms with E-state index in [0.717, 1.165) is 43.8 Å². The van der Waals surface area contributed by atoms with Crippen LogP contribution in [0.1, 0.15) is 32.6 Å². The highest BCUT2D eigenvalue weighted by molar-refractivity contribution is 14.0. The maximum atomic E-state index is 6.19. The molecular formula is C15H26IN5S. The van der Waals surface area contributed by atoms with Crippen LogP contribution in [-0.4, -0.2) is 48.6 Å². The molecule has 0 radical (unpaired) electrons. The van der Waals surface area contributed by atoms with Gasteiger partial charge in [0.15, 0.2) is 11.1 Å². The fraction of sp³-hybridized carbons (Fsp3) is 0.733. The third-order valence-corrected chi connectivity index (χ3v) is 5.56. The van der Waals surface area contributed by atoms with Crippen LogP contribution in [0.3, 0.4) is 0 Å². The van der Waals surface area contributed by atoms with Crippen molar-refractivity contribution in [2.75, 3.05) is 37.6 Å². The van der Waals surface area contributed by atoms with Crippen LogP contribution in [0.2, 0.25) is 0 Å². The number of nitrogens with two attached hydrogens (primary N) is 1. The van der Waals surface area contributed by atoms with E-state index in [1.165, 1.54) is 25.7 Å². The monoisotopic (exact) mass is 435 g/mol. The number of aromatic nitrogens is 1. The van der Waals surface area contributed by atoms with Crippen molar-refractivity contribution in [2.45, 2.75) is 32.6 Å². The largest absolute Gasteiger partial charge is 0.370 e. The molecule has 3 rings (SSSR count). The Balaban J connectivity index is 0.00000176. The number of piperazine rings is 1. The van der Waals surface area contributed by atoms with Crippen molar-refractivity contribution in [3.05, 3.63) is 11.6 Å². The summed E-state index contributed by atoms with van der Waals surface area (Å²) in [7, 11) is 0. The normalized spacial score (nSPS) is 21.8. The Morgan fingerprint density at radius 3 is 2.59 bits per heavy atom. The van der Waals surface area contributed by atoms with Crippen molar-refractivity contribution in [3.8, 4) is 0 Å². The molecule has 5 nitrogen and oxygen atoms in total. The van der Waals surface area contributed by atoms with Crippen LogP contribution in [0.25, 0.3) is 0 Å². The van der Waals surface area contributed by atoms with E-state index in [1.54, 1.807) is 11.3 Å². The van der Waals surface area contributed by atoms with E-state index in [2.05, 4.69) is 26.7 Å². The maximum absolute atomic E-state index is 6.19. The second-order valence-electron chi connectivity index (χ2n) is 6.48. The van der Waals surface area contributed by atoms with Crippen molar-refractivity contribution in [3.63, 3.8) is 0 Å². The Hall–Kier alpha value is -0.570. The summed E-state index contributed by atoms with van der Waals surface area (Å²) in [6.45, 7) is 7.04. The lowest BCUT2D eigenvalue weighted by molar-refractivity contribution is 0.341. The van der Waals surface area contributed by atoms with Crippen LogP contribution in [0.15, 0.2) is 16.6 Å². The fourth-order valence-corrected chi connectivity index (χ4v) is 3.95. The number of guanidine groups is 1. The number of thiazole rings is 1. The standard InChI is InChI=1S/C15H25N5S.HI/c1-15(4-2-3-5-15)12-18-13(16)19-7-9-20(10-8-19)14-17-6-11-21-14;/h6,11H,2-5,7-10,12H2,1H3,(H2,16,18);1H. The molecule has 0 spiro atoms. The van der Waals surface area contributed by atoms with Gasteiger partial charge in [-0.2, -0.15) is 0 Å². The molecule has 2 aliphatic rings. The minimum Gasteiger partial charge on any atom is -0.370 e. The van der Waals surface area contributed by atoms with Crippen LogP contribution >= 0.6 is 35.3 Å². The molecular weight excluding hydrogens is 409 g/mol. The SMILES string of the molecule is CC1(CN=C(N)N2CCN(c3nccs3)CC2)CCCC1.I. The first-order valence-corrected chi connectivity index (χ1v) is 8.74. The highest BCUT2D eigenvalue weighted by Crippen LogP contribution is 2.37. The molecule has 124 valence electrons. The molecule has 1 saturated carbocycles. The van der Waals surface area contributed by atoms with E-state index in [0.29, 0.717) is 5.41 Å². The highest BCUT2D eigenvalue weighted by atomic mass is 127. The van der Waals surface area contributed by atoms with Crippen molar-refractivity contribution in [1.82, 2.24) is 9.88 Å². The Bertz CT molecular complexity index is 476. The van der Waals surface area contributed by atoms with Gasteiger partial charge in [-0.05, 0) is 18.3 Å². The predicted octanol–water partition coefficient (Wildman–Crippen LogP) is 2.78. The van der Waals surface area contributed by atoms with Gasteiger partial charge in [-0.3, -0.25) is 4.99 Å². The lowest BCUT2D eigenvalue weighted by atomic mass is 9.89. The molecule has 0 amide bonds. The molecule has 7 heteroatoms. The Labute approximate surface area is 154 Å². The molecule has 1 aliphatic heterocycles. The number of hydrogen-bond acceptors (Lipinski definition) is 4. The molecule has 2 fully saturated rings. The first-order valence-electron chi connectivity index (χ1n) is 7.86. The summed E-state index contributed by atoms with van der Waals surface area (Å²) in [4.78, 5) is 13.6. The molecule has 22 heavy (non-hydrogen) atoms. The molecule has 0 bridgehead atoms. The minimum atomic E-state index is 0. The van der Waals surface area contributed by atoms with E-state index in [9.17, 15) is 0 Å². The van der Waals surface area contributed by atoms with Gasteiger partial charge < -0.3 is 15.5 Å². The van der Waals surface area contributed by atoms with Crippen LogP contribution in [0.4, 0.5) is 5.13 Å². The Morgan fingerprint density at radius 1 is 1.32 bits per heavy atom. The van der Waals surface area contributed by atoms with Crippen molar-refractivity contribution in [2.24, 2.45) is 16.1 Å². The molecule has 1 aromatic rings. The summed E-state index contributed by atoms with van der Waals surface area (Å²) < 4.78 is 0. The van der Waals surface area contributed by atoms with Crippen molar-refractivity contribution >= 4 is 46.4 Å². The summed E-state index contributed by atoms with van der Waals surface area (Å²) in [6, 6.07) is 0. The van der Waals surface area contributed by atoms with Gasteiger partial charge in [-0.25, -0.2) is 4.98 Å². The molecule has 2 N–H and O–H groups in total. The molecule has 1 saturated heterocycles. The second kappa shape index (κ2) is 7.81. The second-order valence-corrected chi connectivity index (χ2v) is 7.35.